The average Bonchev–Trinajstić information content (AvgIpc) is 2.99. The largest absolute Gasteiger partial charge is 0.481 e. The second kappa shape index (κ2) is 32.2. The Hall–Kier alpha value is -1.75. The molecule has 0 aromatic rings. The van der Waals surface area contributed by atoms with Gasteiger partial charge in [-0.15, -0.1) is 0 Å². The SMILES string of the molecule is CCCCC(CC)C(=O)O.CCCCC(CC)C(=O)OCC(COC(=O)C(CC)CCCC)OC.COC(CO)CO. The van der Waals surface area contributed by atoms with Gasteiger partial charge in [0.05, 0.1) is 31.0 Å². The number of hydrogen-bond donors (Lipinski definition) is 3. The highest BCUT2D eigenvalue weighted by molar-refractivity contribution is 5.73. The first-order valence-corrected chi connectivity index (χ1v) is 15.9. The number of carboxylic acid groups (broad SMARTS) is 1. The summed E-state index contributed by atoms with van der Waals surface area (Å²) in [7, 11) is 2.98. The Labute approximate surface area is 255 Å². The number of carbonyl (C=O) groups is 3. The number of rotatable bonds is 23. The molecule has 0 aliphatic rings. The number of carbonyl (C=O) groups excluding carboxylic acids is 2. The fraction of sp³-hybridized carbons (Fsp3) is 0.906. The molecular weight excluding hydrogens is 544 g/mol. The number of aliphatic carboxylic acids is 1. The Balaban J connectivity index is -0.000000727. The van der Waals surface area contributed by atoms with Crippen molar-refractivity contribution >= 4 is 17.9 Å². The third kappa shape index (κ3) is 24.8. The number of unbranched alkanes of at least 4 members (excludes halogenated alkanes) is 3. The van der Waals surface area contributed by atoms with Crippen LogP contribution in [0, 0.1) is 17.8 Å². The maximum Gasteiger partial charge on any atom is 0.309 e. The molecule has 0 fully saturated rings. The number of esters is 2. The molecule has 252 valence electrons. The molecule has 0 aromatic carbocycles. The molecule has 0 aliphatic heterocycles. The lowest BCUT2D eigenvalue weighted by Gasteiger charge is -2.20. The van der Waals surface area contributed by atoms with Gasteiger partial charge in [0, 0.05) is 14.2 Å². The van der Waals surface area contributed by atoms with Crippen molar-refractivity contribution in [2.75, 3.05) is 40.6 Å². The van der Waals surface area contributed by atoms with Crippen molar-refractivity contribution in [3.8, 4) is 0 Å². The average molecular weight is 609 g/mol. The Morgan fingerprint density at radius 2 is 0.905 bits per heavy atom. The lowest BCUT2D eigenvalue weighted by Crippen LogP contribution is -2.30. The van der Waals surface area contributed by atoms with Gasteiger partial charge in [-0.25, -0.2) is 0 Å². The number of hydrogen-bond acceptors (Lipinski definition) is 9. The van der Waals surface area contributed by atoms with E-state index >= 15 is 0 Å². The minimum Gasteiger partial charge on any atom is -0.481 e. The molecular formula is C32H64O10. The molecule has 0 spiro atoms. The molecule has 0 rings (SSSR count). The zero-order chi connectivity index (χ0) is 32.8. The van der Waals surface area contributed by atoms with E-state index in [0.29, 0.717) is 0 Å². The van der Waals surface area contributed by atoms with E-state index in [1.165, 1.54) is 14.2 Å². The summed E-state index contributed by atoms with van der Waals surface area (Å²) in [6.07, 6.45) is 10.3. The van der Waals surface area contributed by atoms with Crippen molar-refractivity contribution in [2.45, 2.75) is 131 Å². The lowest BCUT2D eigenvalue weighted by molar-refractivity contribution is -0.159. The van der Waals surface area contributed by atoms with Crippen molar-refractivity contribution in [2.24, 2.45) is 17.8 Å². The number of aliphatic hydroxyl groups is 2. The van der Waals surface area contributed by atoms with E-state index in [9.17, 15) is 14.4 Å². The van der Waals surface area contributed by atoms with Crippen molar-refractivity contribution in [3.63, 3.8) is 0 Å². The van der Waals surface area contributed by atoms with Gasteiger partial charge in [-0.05, 0) is 38.5 Å². The predicted octanol–water partition coefficient (Wildman–Crippen LogP) is 5.79. The molecule has 10 heteroatoms. The van der Waals surface area contributed by atoms with Crippen LogP contribution in [-0.2, 0) is 33.3 Å². The van der Waals surface area contributed by atoms with E-state index in [2.05, 4.69) is 25.5 Å². The van der Waals surface area contributed by atoms with Crippen LogP contribution in [0.5, 0.6) is 0 Å². The molecule has 0 saturated heterocycles. The molecule has 3 atom stereocenters. The van der Waals surface area contributed by atoms with E-state index in [1.54, 1.807) is 0 Å². The molecule has 0 aliphatic carbocycles. The van der Waals surface area contributed by atoms with E-state index < -0.39 is 18.2 Å². The Kier molecular flexibility index (Phi) is 34.2. The molecule has 3 N–H and O–H groups in total. The van der Waals surface area contributed by atoms with Gasteiger partial charge < -0.3 is 34.3 Å². The fourth-order valence-corrected chi connectivity index (χ4v) is 3.81. The van der Waals surface area contributed by atoms with Crippen LogP contribution >= 0.6 is 0 Å². The Morgan fingerprint density at radius 1 is 0.571 bits per heavy atom. The molecule has 42 heavy (non-hydrogen) atoms. The van der Waals surface area contributed by atoms with Crippen molar-refractivity contribution < 1.29 is 48.7 Å². The minimum absolute atomic E-state index is 0.0569. The third-order valence-corrected chi connectivity index (χ3v) is 7.11. The summed E-state index contributed by atoms with van der Waals surface area (Å²) in [5, 5.41) is 25.1. The normalized spacial score (nSPS) is 13.5. The first-order valence-electron chi connectivity index (χ1n) is 15.9. The predicted molar refractivity (Wildman–Crippen MR) is 165 cm³/mol. The van der Waals surface area contributed by atoms with Gasteiger partial charge in [0.2, 0.25) is 0 Å². The minimum atomic E-state index is -0.643. The van der Waals surface area contributed by atoms with E-state index in [-0.39, 0.29) is 56.1 Å². The Morgan fingerprint density at radius 3 is 1.12 bits per heavy atom. The van der Waals surface area contributed by atoms with E-state index in [1.807, 2.05) is 20.8 Å². The Bertz CT molecular complexity index is 587. The van der Waals surface area contributed by atoms with Crippen LogP contribution in [0.25, 0.3) is 0 Å². The summed E-state index contributed by atoms with van der Waals surface area (Å²) < 4.78 is 20.6. The van der Waals surface area contributed by atoms with Gasteiger partial charge in [-0.1, -0.05) is 80.1 Å². The highest BCUT2D eigenvalue weighted by atomic mass is 16.6. The van der Waals surface area contributed by atoms with Crippen molar-refractivity contribution in [1.29, 1.82) is 0 Å². The maximum absolute atomic E-state index is 12.1. The maximum atomic E-state index is 12.1. The summed E-state index contributed by atoms with van der Waals surface area (Å²) >= 11 is 0. The molecule has 0 saturated carbocycles. The monoisotopic (exact) mass is 608 g/mol. The number of aliphatic hydroxyl groups excluding tert-OH is 2. The van der Waals surface area contributed by atoms with Gasteiger partial charge in [0.25, 0.3) is 0 Å². The molecule has 3 unspecified atom stereocenters. The van der Waals surface area contributed by atoms with E-state index in [4.69, 9.17) is 29.5 Å². The van der Waals surface area contributed by atoms with Gasteiger partial charge in [0.15, 0.2) is 0 Å². The molecule has 0 bridgehead atoms. The summed E-state index contributed by atoms with van der Waals surface area (Å²) in [6, 6.07) is 0. The second-order valence-electron chi connectivity index (χ2n) is 10.4. The number of ether oxygens (including phenoxy) is 4. The number of carboxylic acids is 1. The molecule has 0 heterocycles. The van der Waals surface area contributed by atoms with Crippen LogP contribution in [0.2, 0.25) is 0 Å². The molecule has 10 nitrogen and oxygen atoms in total. The molecule has 0 amide bonds. The van der Waals surface area contributed by atoms with E-state index in [0.717, 1.165) is 77.0 Å². The van der Waals surface area contributed by atoms with Crippen molar-refractivity contribution in [1.82, 2.24) is 0 Å². The number of methoxy groups -OCH3 is 2. The summed E-state index contributed by atoms with van der Waals surface area (Å²) in [5.74, 6) is -1.23. The standard InChI is InChI=1S/C20H38O5.C8H16O2.C4H10O3/c1-6-10-12-16(8-3)19(21)24-14-18(23-5)15-25-20(22)17(9-4)13-11-7-2;1-3-5-6-7(4-2)8(9)10;1-7-4(2-5)3-6/h16-18H,6-15H2,1-5H3;7H,3-6H2,1-2H3,(H,9,10);4-6H,2-3H2,1H3. The zero-order valence-corrected chi connectivity index (χ0v) is 27.9. The van der Waals surface area contributed by atoms with Crippen LogP contribution < -0.4 is 0 Å². The first-order chi connectivity index (χ1) is 20.1. The van der Waals surface area contributed by atoms with Gasteiger partial charge in [0.1, 0.15) is 25.4 Å². The second-order valence-corrected chi connectivity index (χ2v) is 10.4. The van der Waals surface area contributed by atoms with Crippen LogP contribution in [0.1, 0.15) is 119 Å². The summed E-state index contributed by atoms with van der Waals surface area (Å²) in [6.45, 7) is 12.2. The van der Waals surface area contributed by atoms with Crippen molar-refractivity contribution in [3.05, 3.63) is 0 Å². The quantitative estimate of drug-likeness (QED) is 0.122. The summed E-state index contributed by atoms with van der Waals surface area (Å²) in [4.78, 5) is 34.7. The highest BCUT2D eigenvalue weighted by Gasteiger charge is 2.22. The van der Waals surface area contributed by atoms with Crippen LogP contribution in [0.15, 0.2) is 0 Å². The topological polar surface area (TPSA) is 149 Å². The van der Waals surface area contributed by atoms with Gasteiger partial charge in [-0.3, -0.25) is 14.4 Å². The van der Waals surface area contributed by atoms with Crippen LogP contribution in [0.4, 0.5) is 0 Å². The molecule has 0 radical (unpaired) electrons. The smallest absolute Gasteiger partial charge is 0.309 e. The van der Waals surface area contributed by atoms with Crippen LogP contribution in [0.3, 0.4) is 0 Å². The molecule has 0 aromatic heterocycles. The van der Waals surface area contributed by atoms with Crippen LogP contribution in [-0.4, -0.2) is 86.1 Å². The third-order valence-electron chi connectivity index (χ3n) is 7.11. The van der Waals surface area contributed by atoms with Gasteiger partial charge >= 0.3 is 17.9 Å². The fourth-order valence-electron chi connectivity index (χ4n) is 3.81. The summed E-state index contributed by atoms with van der Waals surface area (Å²) in [5.41, 5.74) is 0. The first kappa shape index (κ1) is 44.7. The lowest BCUT2D eigenvalue weighted by atomic mass is 10.00. The van der Waals surface area contributed by atoms with Gasteiger partial charge in [-0.2, -0.15) is 0 Å². The highest BCUT2D eigenvalue weighted by Crippen LogP contribution is 2.16. The zero-order valence-electron chi connectivity index (χ0n) is 27.9.